The summed E-state index contributed by atoms with van der Waals surface area (Å²) < 4.78 is 0. The summed E-state index contributed by atoms with van der Waals surface area (Å²) in [6.45, 7) is 10.8. The van der Waals surface area contributed by atoms with E-state index in [1.807, 2.05) is 32.9 Å². The van der Waals surface area contributed by atoms with Crippen molar-refractivity contribution in [2.45, 2.75) is 73.3 Å². The number of amides is 1. The minimum Gasteiger partial charge on any atom is -0.346 e. The lowest BCUT2D eigenvalue weighted by Crippen LogP contribution is -2.46. The minimum atomic E-state index is -0.882. The second-order valence-electron chi connectivity index (χ2n) is 11.8. The molecular formula is C33H40N2O5. The summed E-state index contributed by atoms with van der Waals surface area (Å²) in [5, 5.41) is 11.7. The first kappa shape index (κ1) is 32.3. The number of rotatable bonds is 14. The quantitative estimate of drug-likeness (QED) is 0.254. The molecule has 212 valence electrons. The Morgan fingerprint density at radius 1 is 0.875 bits per heavy atom. The summed E-state index contributed by atoms with van der Waals surface area (Å²) in [6.07, 6.45) is 0.208. The molecule has 0 fully saturated rings. The van der Waals surface area contributed by atoms with E-state index in [0.29, 0.717) is 17.5 Å². The third-order valence-electron chi connectivity index (χ3n) is 7.25. The maximum Gasteiger partial charge on any atom is 0.224 e. The number of Topliss-reactive ketones (excluding diaryl/α,β-unsaturated/α-hetero) is 4. The minimum absolute atomic E-state index is 0.00109. The predicted octanol–water partition coefficient (Wildman–Crippen LogP) is 5.30. The number of aryl methyl sites for hydroxylation is 1. The Kier molecular flexibility index (Phi) is 11.7. The fourth-order valence-electron chi connectivity index (χ4n) is 4.47. The van der Waals surface area contributed by atoms with E-state index >= 15 is 0 Å². The zero-order valence-electron chi connectivity index (χ0n) is 24.3. The molecule has 0 saturated heterocycles. The van der Waals surface area contributed by atoms with E-state index in [1.165, 1.54) is 0 Å². The van der Waals surface area contributed by atoms with Crippen molar-refractivity contribution in [3.63, 3.8) is 0 Å². The van der Waals surface area contributed by atoms with Gasteiger partial charge in [-0.2, -0.15) is 5.26 Å². The number of carbonyl (C=O) groups is 5. The van der Waals surface area contributed by atoms with E-state index in [-0.39, 0.29) is 36.7 Å². The molecule has 2 aromatic carbocycles. The average molecular weight is 545 g/mol. The van der Waals surface area contributed by atoms with Crippen molar-refractivity contribution in [1.82, 2.24) is 5.32 Å². The molecule has 3 atom stereocenters. The van der Waals surface area contributed by atoms with Crippen LogP contribution < -0.4 is 5.32 Å². The van der Waals surface area contributed by atoms with Crippen LogP contribution in [0.25, 0.3) is 0 Å². The second-order valence-corrected chi connectivity index (χ2v) is 11.8. The van der Waals surface area contributed by atoms with Crippen LogP contribution in [-0.4, -0.2) is 35.1 Å². The Morgan fingerprint density at radius 2 is 1.48 bits per heavy atom. The lowest BCUT2D eigenvalue weighted by atomic mass is 9.76. The number of nitrogens with one attached hydrogen (secondary N) is 1. The molecule has 0 spiro atoms. The molecule has 0 aliphatic carbocycles. The molecule has 0 radical (unpaired) electrons. The molecule has 0 heterocycles. The molecule has 0 aromatic heterocycles. The van der Waals surface area contributed by atoms with Crippen LogP contribution in [0, 0.1) is 34.5 Å². The van der Waals surface area contributed by atoms with Crippen LogP contribution in [0.4, 0.5) is 0 Å². The number of carbonyl (C=O) groups excluding carboxylic acids is 5. The van der Waals surface area contributed by atoms with Crippen LogP contribution in [0.2, 0.25) is 0 Å². The van der Waals surface area contributed by atoms with Crippen molar-refractivity contribution in [3.05, 3.63) is 71.3 Å². The van der Waals surface area contributed by atoms with Crippen molar-refractivity contribution in [2.75, 3.05) is 0 Å². The van der Waals surface area contributed by atoms with E-state index < -0.39 is 40.8 Å². The van der Waals surface area contributed by atoms with Gasteiger partial charge in [0.25, 0.3) is 0 Å². The highest BCUT2D eigenvalue weighted by Crippen LogP contribution is 2.30. The first-order chi connectivity index (χ1) is 18.7. The number of hydrogen-bond acceptors (Lipinski definition) is 6. The van der Waals surface area contributed by atoms with Gasteiger partial charge >= 0.3 is 0 Å². The summed E-state index contributed by atoms with van der Waals surface area (Å²) in [7, 11) is 0. The maximum atomic E-state index is 13.2. The zero-order valence-corrected chi connectivity index (χ0v) is 24.3. The molecule has 2 aromatic rings. The second kappa shape index (κ2) is 14.5. The lowest BCUT2D eigenvalue weighted by Gasteiger charge is -2.30. The molecular weight excluding hydrogens is 504 g/mol. The molecule has 0 bridgehead atoms. The highest BCUT2D eigenvalue weighted by atomic mass is 16.2. The van der Waals surface area contributed by atoms with E-state index in [1.54, 1.807) is 69.3 Å². The van der Waals surface area contributed by atoms with Crippen LogP contribution in [0.5, 0.6) is 0 Å². The Labute approximate surface area is 237 Å². The van der Waals surface area contributed by atoms with Crippen molar-refractivity contribution in [3.8, 4) is 6.07 Å². The standard InChI is InChI=1S/C33H40N2O5/c1-21(2)26(31(39)28(36)17-16-23-12-14-24(20-34)15-13-23)18-29(37)22(3)35-32(40)27(33(4,5)6)19-30(38)25-10-8-7-9-11-25/h7-15,21-22,26-27H,16-19H2,1-6H3,(H,35,40)/t22-,26-,27+/m0/s1. The molecule has 0 saturated carbocycles. The van der Waals surface area contributed by atoms with Gasteiger partial charge in [-0.05, 0) is 42.4 Å². The van der Waals surface area contributed by atoms with Gasteiger partial charge in [-0.25, -0.2) is 0 Å². The summed E-state index contributed by atoms with van der Waals surface area (Å²) in [5.41, 5.74) is 1.35. The molecule has 7 heteroatoms. The van der Waals surface area contributed by atoms with Gasteiger partial charge in [0.05, 0.1) is 23.6 Å². The third kappa shape index (κ3) is 9.37. The SMILES string of the molecule is CC(C)[C@H](CC(=O)[C@H](C)NC(=O)[C@@H](CC(=O)c1ccccc1)C(C)(C)C)C(=O)C(=O)CCc1ccc(C#N)cc1. The van der Waals surface area contributed by atoms with Gasteiger partial charge in [0.1, 0.15) is 0 Å². The van der Waals surface area contributed by atoms with Gasteiger partial charge in [0.2, 0.25) is 11.7 Å². The van der Waals surface area contributed by atoms with E-state index in [9.17, 15) is 24.0 Å². The Hall–Kier alpha value is -3.92. The number of nitriles is 1. The van der Waals surface area contributed by atoms with Crippen LogP contribution >= 0.6 is 0 Å². The van der Waals surface area contributed by atoms with Crippen LogP contribution in [0.15, 0.2) is 54.6 Å². The fraction of sp³-hybridized carbons (Fsp3) is 0.455. The Morgan fingerprint density at radius 3 is 2.00 bits per heavy atom. The molecule has 1 N–H and O–H groups in total. The average Bonchev–Trinajstić information content (AvgIpc) is 2.92. The highest BCUT2D eigenvalue weighted by Gasteiger charge is 2.36. The first-order valence-corrected chi connectivity index (χ1v) is 13.7. The molecule has 2 rings (SSSR count). The smallest absolute Gasteiger partial charge is 0.224 e. The van der Waals surface area contributed by atoms with Crippen LogP contribution in [0.1, 0.15) is 82.3 Å². The third-order valence-corrected chi connectivity index (χ3v) is 7.25. The van der Waals surface area contributed by atoms with Gasteiger partial charge in [-0.15, -0.1) is 0 Å². The summed E-state index contributed by atoms with van der Waals surface area (Å²) in [5.74, 6) is -3.73. The number of nitrogens with zero attached hydrogens (tertiary/aromatic N) is 1. The highest BCUT2D eigenvalue weighted by molar-refractivity contribution is 6.38. The summed E-state index contributed by atoms with van der Waals surface area (Å²) in [4.78, 5) is 64.9. The largest absolute Gasteiger partial charge is 0.346 e. The summed E-state index contributed by atoms with van der Waals surface area (Å²) in [6, 6.07) is 16.8. The van der Waals surface area contributed by atoms with Gasteiger partial charge in [0, 0.05) is 30.7 Å². The first-order valence-electron chi connectivity index (χ1n) is 13.7. The van der Waals surface area contributed by atoms with Crippen molar-refractivity contribution in [2.24, 2.45) is 23.2 Å². The lowest BCUT2D eigenvalue weighted by molar-refractivity contribution is -0.141. The molecule has 0 aliphatic rings. The normalized spacial score (nSPS) is 13.6. The maximum absolute atomic E-state index is 13.2. The summed E-state index contributed by atoms with van der Waals surface area (Å²) >= 11 is 0. The fourth-order valence-corrected chi connectivity index (χ4v) is 4.47. The van der Waals surface area contributed by atoms with Gasteiger partial charge < -0.3 is 5.32 Å². The van der Waals surface area contributed by atoms with Crippen molar-refractivity contribution >= 4 is 29.0 Å². The Bertz CT molecular complexity index is 1250. The van der Waals surface area contributed by atoms with E-state index in [0.717, 1.165) is 5.56 Å². The van der Waals surface area contributed by atoms with Crippen molar-refractivity contribution in [1.29, 1.82) is 5.26 Å². The van der Waals surface area contributed by atoms with Crippen molar-refractivity contribution < 1.29 is 24.0 Å². The molecule has 0 aliphatic heterocycles. The van der Waals surface area contributed by atoms with E-state index in [2.05, 4.69) is 5.32 Å². The topological polar surface area (TPSA) is 121 Å². The monoisotopic (exact) mass is 544 g/mol. The van der Waals surface area contributed by atoms with Gasteiger partial charge in [0.15, 0.2) is 17.3 Å². The molecule has 7 nitrogen and oxygen atoms in total. The number of ketones is 4. The number of hydrogen-bond donors (Lipinski definition) is 1. The Balaban J connectivity index is 2.02. The van der Waals surface area contributed by atoms with Gasteiger partial charge in [-0.3, -0.25) is 24.0 Å². The zero-order chi connectivity index (χ0) is 30.0. The van der Waals surface area contributed by atoms with Crippen LogP contribution in [0.3, 0.4) is 0 Å². The molecule has 1 amide bonds. The van der Waals surface area contributed by atoms with Gasteiger partial charge in [-0.1, -0.05) is 77.1 Å². The molecule has 40 heavy (non-hydrogen) atoms. The van der Waals surface area contributed by atoms with Crippen LogP contribution in [-0.2, 0) is 25.6 Å². The molecule has 0 unspecified atom stereocenters. The van der Waals surface area contributed by atoms with E-state index in [4.69, 9.17) is 5.26 Å². The number of benzene rings is 2. The predicted molar refractivity (Wildman–Crippen MR) is 153 cm³/mol.